The van der Waals surface area contributed by atoms with Gasteiger partial charge in [-0.15, -0.1) is 0 Å². The minimum absolute atomic E-state index is 0.384. The van der Waals surface area contributed by atoms with Crippen LogP contribution in [0.15, 0.2) is 42.5 Å². The molecule has 2 N–H and O–H groups in total. The van der Waals surface area contributed by atoms with E-state index in [1.54, 1.807) is 42.5 Å². The molecule has 2 aromatic carbocycles. The van der Waals surface area contributed by atoms with E-state index >= 15 is 0 Å². The van der Waals surface area contributed by atoms with Crippen LogP contribution in [0.5, 0.6) is 17.2 Å². The zero-order valence-electron chi connectivity index (χ0n) is 13.5. The highest BCUT2D eigenvalue weighted by atomic mass is 16.5. The molecule has 24 heavy (non-hydrogen) atoms. The summed E-state index contributed by atoms with van der Waals surface area (Å²) >= 11 is 0. The molecular formula is C18H20O6. The van der Waals surface area contributed by atoms with Crippen molar-refractivity contribution in [3.63, 3.8) is 0 Å². The van der Waals surface area contributed by atoms with Crippen molar-refractivity contribution >= 4 is 6.29 Å². The molecule has 0 amide bonds. The molecule has 128 valence electrons. The minimum atomic E-state index is -1.07. The third kappa shape index (κ3) is 4.04. The molecule has 0 spiro atoms. The van der Waals surface area contributed by atoms with Crippen LogP contribution in [0.4, 0.5) is 0 Å². The maximum absolute atomic E-state index is 10.7. The number of hydrogen-bond acceptors (Lipinski definition) is 6. The fourth-order valence-electron chi connectivity index (χ4n) is 2.25. The molecule has 6 nitrogen and oxygen atoms in total. The van der Waals surface area contributed by atoms with Gasteiger partial charge in [-0.1, -0.05) is 6.07 Å². The summed E-state index contributed by atoms with van der Waals surface area (Å²) in [7, 11) is 3.03. The van der Waals surface area contributed by atoms with Crippen LogP contribution in [0, 0.1) is 0 Å². The first kappa shape index (κ1) is 17.8. The molecule has 0 unspecified atom stereocenters. The highest BCUT2D eigenvalue weighted by molar-refractivity contribution is 5.74. The molecule has 0 bridgehead atoms. The number of aliphatic hydroxyl groups is 2. The topological polar surface area (TPSA) is 85.2 Å². The molecule has 2 rings (SSSR count). The number of rotatable bonds is 8. The molecule has 0 saturated carbocycles. The lowest BCUT2D eigenvalue weighted by molar-refractivity contribution is 0.000658. The Bertz CT molecular complexity index is 668. The van der Waals surface area contributed by atoms with E-state index in [0.29, 0.717) is 28.4 Å². The van der Waals surface area contributed by atoms with Gasteiger partial charge in [0.15, 0.2) is 17.6 Å². The molecule has 6 heteroatoms. The number of aliphatic hydroxyl groups excluding tert-OH is 2. The van der Waals surface area contributed by atoms with Crippen LogP contribution in [-0.4, -0.2) is 43.4 Å². The van der Waals surface area contributed by atoms with Gasteiger partial charge < -0.3 is 24.4 Å². The van der Waals surface area contributed by atoms with E-state index in [1.165, 1.54) is 14.2 Å². The van der Waals surface area contributed by atoms with Gasteiger partial charge in [-0.25, -0.2) is 0 Å². The lowest BCUT2D eigenvalue weighted by Crippen LogP contribution is -2.29. The lowest BCUT2D eigenvalue weighted by Gasteiger charge is -2.23. The number of benzene rings is 2. The van der Waals surface area contributed by atoms with Crippen LogP contribution in [-0.2, 0) is 0 Å². The third-order valence-corrected chi connectivity index (χ3v) is 3.58. The molecular weight excluding hydrogens is 312 g/mol. The standard InChI is InChI=1S/C18H20O6/c1-22-15-8-5-13(9-16(15)23-2)18(21)17(11-20)24-14-6-3-12(10-19)4-7-14/h3-10,17-18,20-21H,11H2,1-2H3/t17-,18+/m1/s1. The van der Waals surface area contributed by atoms with Gasteiger partial charge >= 0.3 is 0 Å². The van der Waals surface area contributed by atoms with E-state index in [-0.39, 0.29) is 6.61 Å². The highest BCUT2D eigenvalue weighted by Crippen LogP contribution is 2.31. The number of hydrogen-bond donors (Lipinski definition) is 2. The number of methoxy groups -OCH3 is 2. The second kappa shape index (κ2) is 8.33. The van der Waals surface area contributed by atoms with E-state index in [2.05, 4.69) is 0 Å². The second-order valence-corrected chi connectivity index (χ2v) is 5.09. The average Bonchev–Trinajstić information content (AvgIpc) is 2.65. The summed E-state index contributed by atoms with van der Waals surface area (Å²) < 4.78 is 16.0. The Morgan fingerprint density at radius 1 is 1.04 bits per heavy atom. The van der Waals surface area contributed by atoms with Crippen LogP contribution in [0.2, 0.25) is 0 Å². The molecule has 0 radical (unpaired) electrons. The molecule has 2 aromatic rings. The van der Waals surface area contributed by atoms with Crippen molar-refractivity contribution in [2.24, 2.45) is 0 Å². The van der Waals surface area contributed by atoms with Crippen molar-refractivity contribution in [3.05, 3.63) is 53.6 Å². The van der Waals surface area contributed by atoms with Gasteiger partial charge in [0.25, 0.3) is 0 Å². The summed E-state index contributed by atoms with van der Waals surface area (Å²) in [4.78, 5) is 10.7. The summed E-state index contributed by atoms with van der Waals surface area (Å²) in [6.45, 7) is -0.384. The van der Waals surface area contributed by atoms with Crippen molar-refractivity contribution in [2.45, 2.75) is 12.2 Å². The maximum atomic E-state index is 10.7. The molecule has 2 atom stereocenters. The van der Waals surface area contributed by atoms with Crippen molar-refractivity contribution < 1.29 is 29.2 Å². The molecule has 0 heterocycles. The first-order valence-electron chi connectivity index (χ1n) is 7.35. The lowest BCUT2D eigenvalue weighted by atomic mass is 10.0. The molecule has 0 fully saturated rings. The number of carbonyl (C=O) groups excluding carboxylic acids is 1. The fourth-order valence-corrected chi connectivity index (χ4v) is 2.25. The number of aldehydes is 1. The Hall–Kier alpha value is -2.57. The van der Waals surface area contributed by atoms with Crippen LogP contribution < -0.4 is 14.2 Å². The Kier molecular flexibility index (Phi) is 6.17. The summed E-state index contributed by atoms with van der Waals surface area (Å²) in [5, 5.41) is 20.0. The summed E-state index contributed by atoms with van der Waals surface area (Å²) in [6.07, 6.45) is -1.21. The predicted octanol–water partition coefficient (Wildman–Crippen LogP) is 1.99. The molecule has 0 aromatic heterocycles. The smallest absolute Gasteiger partial charge is 0.161 e. The van der Waals surface area contributed by atoms with Gasteiger partial charge in [0.1, 0.15) is 18.1 Å². The Labute approximate surface area is 140 Å². The van der Waals surface area contributed by atoms with Crippen molar-refractivity contribution in [1.29, 1.82) is 0 Å². The quantitative estimate of drug-likeness (QED) is 0.719. The summed E-state index contributed by atoms with van der Waals surface area (Å²) in [5.74, 6) is 1.46. The average molecular weight is 332 g/mol. The Morgan fingerprint density at radius 3 is 2.25 bits per heavy atom. The van der Waals surface area contributed by atoms with Crippen LogP contribution >= 0.6 is 0 Å². The normalized spacial score (nSPS) is 13.0. The van der Waals surface area contributed by atoms with Crippen molar-refractivity contribution in [1.82, 2.24) is 0 Å². The first-order valence-corrected chi connectivity index (χ1v) is 7.35. The van der Waals surface area contributed by atoms with Gasteiger partial charge in [0.2, 0.25) is 0 Å². The van der Waals surface area contributed by atoms with E-state index in [9.17, 15) is 15.0 Å². The largest absolute Gasteiger partial charge is 0.493 e. The molecule has 0 saturated heterocycles. The van der Waals surface area contributed by atoms with Gasteiger partial charge in [-0.2, -0.15) is 0 Å². The monoisotopic (exact) mass is 332 g/mol. The zero-order chi connectivity index (χ0) is 17.5. The van der Waals surface area contributed by atoms with Gasteiger partial charge in [-0.3, -0.25) is 4.79 Å². The van der Waals surface area contributed by atoms with Gasteiger partial charge in [0, 0.05) is 5.56 Å². The Balaban J connectivity index is 2.18. The van der Waals surface area contributed by atoms with E-state index in [1.807, 2.05) is 0 Å². The summed E-state index contributed by atoms with van der Waals surface area (Å²) in [6, 6.07) is 11.4. The minimum Gasteiger partial charge on any atom is -0.493 e. The highest BCUT2D eigenvalue weighted by Gasteiger charge is 2.23. The predicted molar refractivity (Wildman–Crippen MR) is 87.8 cm³/mol. The number of ether oxygens (including phenoxy) is 3. The molecule has 0 aliphatic heterocycles. The van der Waals surface area contributed by atoms with Gasteiger partial charge in [-0.05, 0) is 42.0 Å². The molecule has 0 aliphatic rings. The van der Waals surface area contributed by atoms with Gasteiger partial charge in [0.05, 0.1) is 20.8 Å². The maximum Gasteiger partial charge on any atom is 0.161 e. The van der Waals surface area contributed by atoms with Crippen LogP contribution in [0.25, 0.3) is 0 Å². The Morgan fingerprint density at radius 2 is 1.71 bits per heavy atom. The third-order valence-electron chi connectivity index (χ3n) is 3.58. The van der Waals surface area contributed by atoms with Crippen LogP contribution in [0.1, 0.15) is 22.0 Å². The molecule has 0 aliphatic carbocycles. The number of carbonyl (C=O) groups is 1. The van der Waals surface area contributed by atoms with Crippen molar-refractivity contribution in [3.8, 4) is 17.2 Å². The fraction of sp³-hybridized carbons (Fsp3) is 0.278. The SMILES string of the molecule is COc1ccc([C@H](O)[C@@H](CO)Oc2ccc(C=O)cc2)cc1OC. The van der Waals surface area contributed by atoms with Crippen molar-refractivity contribution in [2.75, 3.05) is 20.8 Å². The zero-order valence-corrected chi connectivity index (χ0v) is 13.5. The van der Waals surface area contributed by atoms with E-state index in [4.69, 9.17) is 14.2 Å². The summed E-state index contributed by atoms with van der Waals surface area (Å²) in [5.41, 5.74) is 1.04. The van der Waals surface area contributed by atoms with E-state index < -0.39 is 12.2 Å². The van der Waals surface area contributed by atoms with Crippen LogP contribution in [0.3, 0.4) is 0 Å². The first-order chi connectivity index (χ1) is 11.6. The van der Waals surface area contributed by atoms with E-state index in [0.717, 1.165) is 6.29 Å². The second-order valence-electron chi connectivity index (χ2n) is 5.09.